The first kappa shape index (κ1) is 17.2. The van der Waals surface area contributed by atoms with Crippen LogP contribution >= 0.6 is 0 Å². The Bertz CT molecular complexity index is 871. The molecule has 0 fully saturated rings. The van der Waals surface area contributed by atoms with Gasteiger partial charge in [-0.25, -0.2) is 9.59 Å². The standard InChI is InChI=1S/C18H13NO7/c1-24-15(20)10-25-12-6-4-5-11(9-12)18(23)26-19-16(21)13-7-2-3-8-14(13)17(19)22/h2-9H,10H2,1H3. The lowest BCUT2D eigenvalue weighted by Gasteiger charge is -2.13. The summed E-state index contributed by atoms with van der Waals surface area (Å²) in [4.78, 5) is 52.7. The molecule has 0 saturated heterocycles. The molecule has 1 aliphatic heterocycles. The Labute approximate surface area is 147 Å². The minimum absolute atomic E-state index is 0.0453. The molecule has 1 heterocycles. The molecule has 0 aliphatic carbocycles. The summed E-state index contributed by atoms with van der Waals surface area (Å²) < 4.78 is 9.64. The van der Waals surface area contributed by atoms with Crippen molar-refractivity contribution in [1.29, 1.82) is 0 Å². The molecule has 8 nitrogen and oxygen atoms in total. The SMILES string of the molecule is COC(=O)COc1cccc(C(=O)ON2C(=O)c3ccccc3C2=O)c1. The maximum absolute atomic E-state index is 12.3. The largest absolute Gasteiger partial charge is 0.482 e. The quantitative estimate of drug-likeness (QED) is 0.593. The number of rotatable bonds is 5. The van der Waals surface area contributed by atoms with E-state index in [9.17, 15) is 19.2 Å². The number of carbonyl (C=O) groups is 4. The minimum atomic E-state index is -0.914. The van der Waals surface area contributed by atoms with E-state index in [1.54, 1.807) is 12.1 Å². The molecule has 2 amide bonds. The number of methoxy groups -OCH3 is 1. The van der Waals surface area contributed by atoms with Crippen LogP contribution in [0.5, 0.6) is 5.75 Å². The average Bonchev–Trinajstić information content (AvgIpc) is 2.91. The maximum Gasteiger partial charge on any atom is 0.364 e. The second kappa shape index (κ2) is 7.06. The van der Waals surface area contributed by atoms with E-state index in [-0.39, 0.29) is 29.0 Å². The van der Waals surface area contributed by atoms with E-state index in [1.165, 1.54) is 43.5 Å². The van der Waals surface area contributed by atoms with E-state index < -0.39 is 23.8 Å². The van der Waals surface area contributed by atoms with E-state index >= 15 is 0 Å². The molecule has 3 rings (SSSR count). The van der Waals surface area contributed by atoms with Gasteiger partial charge >= 0.3 is 11.9 Å². The van der Waals surface area contributed by atoms with E-state index in [4.69, 9.17) is 9.57 Å². The van der Waals surface area contributed by atoms with Gasteiger partial charge in [-0.2, -0.15) is 0 Å². The Morgan fingerprint density at radius 1 is 0.962 bits per heavy atom. The van der Waals surface area contributed by atoms with Gasteiger partial charge in [0.05, 0.1) is 23.8 Å². The molecule has 0 saturated carbocycles. The fraction of sp³-hybridized carbons (Fsp3) is 0.111. The zero-order valence-corrected chi connectivity index (χ0v) is 13.6. The lowest BCUT2D eigenvalue weighted by Crippen LogP contribution is -2.32. The average molecular weight is 355 g/mol. The van der Waals surface area contributed by atoms with Crippen LogP contribution in [0.25, 0.3) is 0 Å². The van der Waals surface area contributed by atoms with Crippen molar-refractivity contribution in [2.75, 3.05) is 13.7 Å². The molecule has 2 aromatic rings. The molecular formula is C18H13NO7. The van der Waals surface area contributed by atoms with Crippen molar-refractivity contribution in [2.24, 2.45) is 0 Å². The molecule has 0 radical (unpaired) electrons. The summed E-state index contributed by atoms with van der Waals surface area (Å²) in [5.41, 5.74) is 0.379. The molecule has 0 atom stereocenters. The summed E-state index contributed by atoms with van der Waals surface area (Å²) in [6.07, 6.45) is 0. The third-order valence-electron chi connectivity index (χ3n) is 3.59. The van der Waals surface area contributed by atoms with Crippen molar-refractivity contribution in [3.8, 4) is 5.75 Å². The number of hydrogen-bond acceptors (Lipinski definition) is 7. The highest BCUT2D eigenvalue weighted by molar-refractivity contribution is 6.21. The van der Waals surface area contributed by atoms with Gasteiger partial charge in [0.2, 0.25) is 0 Å². The monoisotopic (exact) mass is 355 g/mol. The predicted octanol–water partition coefficient (Wildman–Crippen LogP) is 1.61. The van der Waals surface area contributed by atoms with Crippen LogP contribution in [0.1, 0.15) is 31.1 Å². The van der Waals surface area contributed by atoms with Crippen LogP contribution in [0.15, 0.2) is 48.5 Å². The minimum Gasteiger partial charge on any atom is -0.482 e. The lowest BCUT2D eigenvalue weighted by molar-refractivity contribution is -0.142. The number of amides is 2. The number of benzene rings is 2. The van der Waals surface area contributed by atoms with Gasteiger partial charge in [-0.05, 0) is 30.3 Å². The molecule has 0 N–H and O–H groups in total. The van der Waals surface area contributed by atoms with Gasteiger partial charge in [-0.3, -0.25) is 9.59 Å². The van der Waals surface area contributed by atoms with Crippen LogP contribution < -0.4 is 4.74 Å². The number of nitrogens with zero attached hydrogens (tertiary/aromatic N) is 1. The summed E-state index contributed by atoms with van der Waals surface area (Å²) in [5, 5.41) is 0.426. The molecule has 0 aromatic heterocycles. The number of ether oxygens (including phenoxy) is 2. The maximum atomic E-state index is 12.3. The third-order valence-corrected chi connectivity index (χ3v) is 3.59. The second-order valence-electron chi connectivity index (χ2n) is 5.22. The fourth-order valence-electron chi connectivity index (χ4n) is 2.30. The molecule has 8 heteroatoms. The second-order valence-corrected chi connectivity index (χ2v) is 5.22. The predicted molar refractivity (Wildman–Crippen MR) is 86.3 cm³/mol. The van der Waals surface area contributed by atoms with Crippen LogP contribution in [-0.2, 0) is 14.4 Å². The van der Waals surface area contributed by atoms with Gasteiger partial charge in [0, 0.05) is 0 Å². The number of esters is 1. The normalized spacial score (nSPS) is 12.6. The summed E-state index contributed by atoms with van der Waals surface area (Å²) >= 11 is 0. The topological polar surface area (TPSA) is 99.2 Å². The van der Waals surface area contributed by atoms with Gasteiger partial charge < -0.3 is 14.3 Å². The van der Waals surface area contributed by atoms with E-state index in [1.807, 2.05) is 0 Å². The summed E-state index contributed by atoms with van der Waals surface area (Å²) in [7, 11) is 1.22. The Morgan fingerprint density at radius 2 is 1.62 bits per heavy atom. The van der Waals surface area contributed by atoms with E-state index in [2.05, 4.69) is 4.74 Å². The van der Waals surface area contributed by atoms with Crippen molar-refractivity contribution in [2.45, 2.75) is 0 Å². The summed E-state index contributed by atoms with van der Waals surface area (Å²) in [5.74, 6) is -2.69. The first-order valence-corrected chi connectivity index (χ1v) is 7.51. The van der Waals surface area contributed by atoms with Gasteiger partial charge in [0.25, 0.3) is 11.8 Å². The van der Waals surface area contributed by atoms with Crippen molar-refractivity contribution in [1.82, 2.24) is 5.06 Å². The van der Waals surface area contributed by atoms with Gasteiger partial charge in [0.1, 0.15) is 5.75 Å². The summed E-state index contributed by atoms with van der Waals surface area (Å²) in [6, 6.07) is 12.0. The van der Waals surface area contributed by atoms with Crippen LogP contribution in [0.4, 0.5) is 0 Å². The van der Waals surface area contributed by atoms with E-state index in [0.29, 0.717) is 5.06 Å². The highest BCUT2D eigenvalue weighted by Gasteiger charge is 2.38. The zero-order valence-electron chi connectivity index (χ0n) is 13.6. The number of fused-ring (bicyclic) bond motifs is 1. The Hall–Kier alpha value is -3.68. The lowest BCUT2D eigenvalue weighted by atomic mass is 10.1. The molecule has 1 aliphatic rings. The molecule has 0 bridgehead atoms. The Morgan fingerprint density at radius 3 is 2.23 bits per heavy atom. The molecule has 132 valence electrons. The number of carbonyl (C=O) groups excluding carboxylic acids is 4. The van der Waals surface area contributed by atoms with E-state index in [0.717, 1.165) is 0 Å². The van der Waals surface area contributed by atoms with Gasteiger partial charge in [0.15, 0.2) is 6.61 Å². The zero-order chi connectivity index (χ0) is 18.7. The van der Waals surface area contributed by atoms with Gasteiger partial charge in [-0.1, -0.05) is 23.3 Å². The molecule has 26 heavy (non-hydrogen) atoms. The van der Waals surface area contributed by atoms with Crippen molar-refractivity contribution in [3.63, 3.8) is 0 Å². The third kappa shape index (κ3) is 3.25. The van der Waals surface area contributed by atoms with Crippen molar-refractivity contribution >= 4 is 23.8 Å². The Kier molecular flexibility index (Phi) is 4.66. The highest BCUT2D eigenvalue weighted by atomic mass is 16.7. The van der Waals surface area contributed by atoms with Crippen LogP contribution in [0.3, 0.4) is 0 Å². The van der Waals surface area contributed by atoms with Crippen LogP contribution in [0.2, 0.25) is 0 Å². The van der Waals surface area contributed by atoms with Crippen molar-refractivity contribution in [3.05, 3.63) is 65.2 Å². The smallest absolute Gasteiger partial charge is 0.364 e. The molecule has 0 unspecified atom stereocenters. The number of hydroxylamine groups is 2. The molecular weight excluding hydrogens is 342 g/mol. The number of imide groups is 1. The van der Waals surface area contributed by atoms with Crippen molar-refractivity contribution < 1.29 is 33.5 Å². The first-order valence-electron chi connectivity index (χ1n) is 7.51. The molecule has 2 aromatic carbocycles. The highest BCUT2D eigenvalue weighted by Crippen LogP contribution is 2.24. The number of hydrogen-bond donors (Lipinski definition) is 0. The van der Waals surface area contributed by atoms with Gasteiger partial charge in [-0.15, -0.1) is 0 Å². The molecule has 0 spiro atoms. The fourth-order valence-corrected chi connectivity index (χ4v) is 2.30. The first-order chi connectivity index (χ1) is 12.5. The van der Waals surface area contributed by atoms with Crippen LogP contribution in [-0.4, -0.2) is 42.5 Å². The summed E-state index contributed by atoms with van der Waals surface area (Å²) in [6.45, 7) is -0.326. The van der Waals surface area contributed by atoms with Crippen LogP contribution in [0, 0.1) is 0 Å². The Balaban J connectivity index is 1.72.